The minimum Gasteiger partial charge on any atom is -0.459 e. The molecular formula is C21H17N3O4. The first-order valence-corrected chi connectivity index (χ1v) is 8.79. The standard InChI is InChI=1S/C21H17N3O4/c25-19-12-16-4-1-2-5-18(16)21(27)23(19)13-20(26)28-14-15-6-8-17(9-7-15)24-11-3-10-22-24/h1-11H,12-14H2. The Balaban J connectivity index is 1.36. The molecule has 140 valence electrons. The molecule has 4 rings (SSSR count). The van der Waals surface area contributed by atoms with E-state index in [1.165, 1.54) is 0 Å². The predicted octanol–water partition coefficient (Wildman–Crippen LogP) is 2.14. The van der Waals surface area contributed by atoms with E-state index in [2.05, 4.69) is 5.10 Å². The number of esters is 1. The molecule has 7 nitrogen and oxygen atoms in total. The molecule has 0 radical (unpaired) electrons. The maximum Gasteiger partial charge on any atom is 0.326 e. The van der Waals surface area contributed by atoms with Crippen molar-refractivity contribution in [2.45, 2.75) is 13.0 Å². The summed E-state index contributed by atoms with van der Waals surface area (Å²) in [6.45, 7) is -0.331. The molecule has 1 aliphatic rings. The maximum atomic E-state index is 12.5. The normalized spacial score (nSPS) is 13.4. The third-order valence-corrected chi connectivity index (χ3v) is 4.53. The van der Waals surface area contributed by atoms with E-state index in [9.17, 15) is 14.4 Å². The first-order valence-electron chi connectivity index (χ1n) is 8.79. The Hall–Kier alpha value is -3.74. The van der Waals surface area contributed by atoms with Gasteiger partial charge in [-0.1, -0.05) is 30.3 Å². The van der Waals surface area contributed by atoms with Crippen molar-refractivity contribution in [3.05, 3.63) is 83.7 Å². The van der Waals surface area contributed by atoms with Crippen LogP contribution in [0.15, 0.2) is 67.0 Å². The first kappa shape index (κ1) is 17.7. The number of hydrogen-bond donors (Lipinski definition) is 0. The van der Waals surface area contributed by atoms with Gasteiger partial charge in [0.2, 0.25) is 5.91 Å². The summed E-state index contributed by atoms with van der Waals surface area (Å²) in [5.41, 5.74) is 2.82. The number of imide groups is 1. The molecule has 0 atom stereocenters. The van der Waals surface area contributed by atoms with Crippen LogP contribution in [0.3, 0.4) is 0 Å². The number of ether oxygens (including phenoxy) is 1. The number of aromatic nitrogens is 2. The van der Waals surface area contributed by atoms with Gasteiger partial charge in [0.25, 0.3) is 5.91 Å². The van der Waals surface area contributed by atoms with Gasteiger partial charge in [-0.2, -0.15) is 5.10 Å². The van der Waals surface area contributed by atoms with Crippen LogP contribution >= 0.6 is 0 Å². The van der Waals surface area contributed by atoms with Gasteiger partial charge in [0.15, 0.2) is 0 Å². The molecule has 0 N–H and O–H groups in total. The zero-order chi connectivity index (χ0) is 19.5. The predicted molar refractivity (Wildman–Crippen MR) is 99.5 cm³/mol. The second-order valence-electron chi connectivity index (χ2n) is 6.40. The number of fused-ring (bicyclic) bond motifs is 1. The maximum absolute atomic E-state index is 12.5. The highest BCUT2D eigenvalue weighted by molar-refractivity contribution is 6.11. The molecule has 0 fully saturated rings. The van der Waals surface area contributed by atoms with Gasteiger partial charge < -0.3 is 4.74 Å². The van der Waals surface area contributed by atoms with E-state index in [0.29, 0.717) is 11.1 Å². The van der Waals surface area contributed by atoms with Crippen molar-refractivity contribution >= 4 is 17.8 Å². The van der Waals surface area contributed by atoms with Crippen molar-refractivity contribution in [2.24, 2.45) is 0 Å². The molecule has 1 aliphatic heterocycles. The summed E-state index contributed by atoms with van der Waals surface area (Å²) < 4.78 is 6.96. The molecule has 0 unspecified atom stereocenters. The van der Waals surface area contributed by atoms with Crippen LogP contribution < -0.4 is 0 Å². The Bertz CT molecular complexity index is 1030. The lowest BCUT2D eigenvalue weighted by Gasteiger charge is -2.25. The summed E-state index contributed by atoms with van der Waals surface area (Å²) >= 11 is 0. The van der Waals surface area contributed by atoms with E-state index in [4.69, 9.17) is 4.74 Å². The van der Waals surface area contributed by atoms with Crippen LogP contribution in [0.25, 0.3) is 5.69 Å². The van der Waals surface area contributed by atoms with Gasteiger partial charge in [-0.05, 0) is 35.4 Å². The summed E-state index contributed by atoms with van der Waals surface area (Å²) in [6, 6.07) is 16.1. The molecule has 0 bridgehead atoms. The number of carbonyl (C=O) groups excluding carboxylic acids is 3. The Morgan fingerprint density at radius 1 is 1.04 bits per heavy atom. The van der Waals surface area contributed by atoms with Crippen LogP contribution in [0.4, 0.5) is 0 Å². The molecule has 2 amide bonds. The third-order valence-electron chi connectivity index (χ3n) is 4.53. The Morgan fingerprint density at radius 3 is 2.57 bits per heavy atom. The van der Waals surface area contributed by atoms with Crippen molar-refractivity contribution in [3.63, 3.8) is 0 Å². The number of benzene rings is 2. The van der Waals surface area contributed by atoms with Gasteiger partial charge in [-0.15, -0.1) is 0 Å². The SMILES string of the molecule is O=C(CN1C(=O)Cc2ccccc2C1=O)OCc1ccc(-n2cccn2)cc1. The zero-order valence-electron chi connectivity index (χ0n) is 14.9. The van der Waals surface area contributed by atoms with Crippen LogP contribution in [-0.4, -0.2) is 39.0 Å². The molecule has 1 aromatic heterocycles. The summed E-state index contributed by atoms with van der Waals surface area (Å²) in [6.07, 6.45) is 3.63. The number of hydrogen-bond acceptors (Lipinski definition) is 5. The lowest BCUT2D eigenvalue weighted by atomic mass is 9.98. The minimum atomic E-state index is -0.628. The molecular weight excluding hydrogens is 358 g/mol. The Morgan fingerprint density at radius 2 is 1.82 bits per heavy atom. The average molecular weight is 375 g/mol. The molecule has 0 aliphatic carbocycles. The van der Waals surface area contributed by atoms with Crippen LogP contribution in [-0.2, 0) is 27.4 Å². The van der Waals surface area contributed by atoms with Crippen molar-refractivity contribution in [2.75, 3.05) is 6.54 Å². The highest BCUT2D eigenvalue weighted by atomic mass is 16.5. The van der Waals surface area contributed by atoms with E-state index >= 15 is 0 Å². The van der Waals surface area contributed by atoms with Crippen molar-refractivity contribution < 1.29 is 19.1 Å². The summed E-state index contributed by atoms with van der Waals surface area (Å²) in [5.74, 6) is -1.49. The number of carbonyl (C=O) groups is 3. The summed E-state index contributed by atoms with van der Waals surface area (Å²) in [5, 5.41) is 4.15. The number of nitrogens with zero attached hydrogens (tertiary/aromatic N) is 3. The Kier molecular flexibility index (Phi) is 4.72. The van der Waals surface area contributed by atoms with E-state index < -0.39 is 24.3 Å². The number of rotatable bonds is 5. The summed E-state index contributed by atoms with van der Waals surface area (Å²) in [7, 11) is 0. The quantitative estimate of drug-likeness (QED) is 0.504. The zero-order valence-corrected chi connectivity index (χ0v) is 14.9. The van der Waals surface area contributed by atoms with E-state index in [1.54, 1.807) is 35.1 Å². The number of amides is 2. The van der Waals surface area contributed by atoms with E-state index in [-0.39, 0.29) is 13.0 Å². The average Bonchev–Trinajstić information content (AvgIpc) is 3.25. The second kappa shape index (κ2) is 7.48. The van der Waals surface area contributed by atoms with E-state index in [1.807, 2.05) is 36.5 Å². The van der Waals surface area contributed by atoms with Crippen molar-refractivity contribution in [1.29, 1.82) is 0 Å². The van der Waals surface area contributed by atoms with Gasteiger partial charge in [-0.3, -0.25) is 19.3 Å². The van der Waals surface area contributed by atoms with Gasteiger partial charge >= 0.3 is 5.97 Å². The second-order valence-corrected chi connectivity index (χ2v) is 6.40. The molecule has 0 saturated heterocycles. The van der Waals surface area contributed by atoms with Crippen LogP contribution in [0.5, 0.6) is 0 Å². The van der Waals surface area contributed by atoms with Crippen molar-refractivity contribution in [1.82, 2.24) is 14.7 Å². The lowest BCUT2D eigenvalue weighted by Crippen LogP contribution is -2.45. The highest BCUT2D eigenvalue weighted by Gasteiger charge is 2.32. The van der Waals surface area contributed by atoms with E-state index in [0.717, 1.165) is 16.2 Å². The molecule has 0 spiro atoms. The largest absolute Gasteiger partial charge is 0.459 e. The molecule has 2 aromatic carbocycles. The minimum absolute atomic E-state index is 0.0605. The Labute approximate surface area is 161 Å². The fraction of sp³-hybridized carbons (Fsp3) is 0.143. The van der Waals surface area contributed by atoms with Gasteiger partial charge in [0.05, 0.1) is 12.1 Å². The fourth-order valence-corrected chi connectivity index (χ4v) is 3.07. The van der Waals surface area contributed by atoms with Gasteiger partial charge in [0.1, 0.15) is 13.2 Å². The van der Waals surface area contributed by atoms with Crippen LogP contribution in [0.2, 0.25) is 0 Å². The first-order chi connectivity index (χ1) is 13.6. The van der Waals surface area contributed by atoms with Gasteiger partial charge in [0, 0.05) is 18.0 Å². The van der Waals surface area contributed by atoms with Crippen LogP contribution in [0.1, 0.15) is 21.5 Å². The van der Waals surface area contributed by atoms with Crippen molar-refractivity contribution in [3.8, 4) is 5.69 Å². The fourth-order valence-electron chi connectivity index (χ4n) is 3.07. The molecule has 28 heavy (non-hydrogen) atoms. The monoisotopic (exact) mass is 375 g/mol. The smallest absolute Gasteiger partial charge is 0.326 e. The topological polar surface area (TPSA) is 81.5 Å². The third kappa shape index (κ3) is 3.55. The highest BCUT2D eigenvalue weighted by Crippen LogP contribution is 2.19. The molecule has 2 heterocycles. The van der Waals surface area contributed by atoms with Gasteiger partial charge in [-0.25, -0.2) is 4.68 Å². The lowest BCUT2D eigenvalue weighted by molar-refractivity contribution is -0.149. The molecule has 0 saturated carbocycles. The van der Waals surface area contributed by atoms with Crippen LogP contribution in [0, 0.1) is 0 Å². The molecule has 3 aromatic rings. The molecule has 7 heteroatoms. The summed E-state index contributed by atoms with van der Waals surface area (Å²) in [4.78, 5) is 37.8.